The summed E-state index contributed by atoms with van der Waals surface area (Å²) in [5.74, 6) is 1.34. The fourth-order valence-electron chi connectivity index (χ4n) is 3.33. The van der Waals surface area contributed by atoms with Crippen LogP contribution in [-0.4, -0.2) is 53.7 Å². The first-order chi connectivity index (χ1) is 12.7. The van der Waals surface area contributed by atoms with Crippen LogP contribution < -0.4 is 4.74 Å². The molecule has 0 unspecified atom stereocenters. The number of benzene rings is 1. The van der Waals surface area contributed by atoms with Gasteiger partial charge in [0.15, 0.2) is 0 Å². The molecule has 1 aromatic heterocycles. The number of nitrogens with one attached hydrogen (secondary N) is 1. The Kier molecular flexibility index (Phi) is 4.65. The fraction of sp³-hybridized carbons (Fsp3) is 0.368. The lowest BCUT2D eigenvalue weighted by atomic mass is 10.1. The summed E-state index contributed by atoms with van der Waals surface area (Å²) in [4.78, 5) is 6.52. The summed E-state index contributed by atoms with van der Waals surface area (Å²) in [6.07, 6.45) is 2.22. The number of nitrogens with zero attached hydrogens (tertiary/aromatic N) is 2. The van der Waals surface area contributed by atoms with Gasteiger partial charge in [-0.15, -0.1) is 11.3 Å². The first-order valence-corrected chi connectivity index (χ1v) is 9.51. The first-order valence-electron chi connectivity index (χ1n) is 8.63. The van der Waals surface area contributed by atoms with Gasteiger partial charge in [0.2, 0.25) is 0 Å². The Balaban J connectivity index is 1.52. The Labute approximate surface area is 156 Å². The predicted molar refractivity (Wildman–Crippen MR) is 102 cm³/mol. The zero-order chi connectivity index (χ0) is 18.1. The van der Waals surface area contributed by atoms with E-state index in [0.29, 0.717) is 29.5 Å². The minimum Gasteiger partial charge on any atom is -0.510 e. The number of hydrogen-bond donors (Lipinski definition) is 2. The van der Waals surface area contributed by atoms with E-state index in [0.717, 1.165) is 36.5 Å². The third-order valence-corrected chi connectivity index (χ3v) is 5.59. The summed E-state index contributed by atoms with van der Waals surface area (Å²) >= 11 is 1.44. The van der Waals surface area contributed by atoms with E-state index in [9.17, 15) is 5.11 Å². The molecular formula is C19H21N3O3S. The number of amidine groups is 1. The Morgan fingerprint density at radius 3 is 2.88 bits per heavy atom. The molecule has 4 rings (SSSR count). The van der Waals surface area contributed by atoms with E-state index in [1.165, 1.54) is 11.3 Å². The number of aromatic nitrogens is 1. The van der Waals surface area contributed by atoms with Crippen molar-refractivity contribution in [2.24, 2.45) is 0 Å². The Morgan fingerprint density at radius 1 is 1.38 bits per heavy atom. The summed E-state index contributed by atoms with van der Waals surface area (Å²) in [6, 6.07) is 7.70. The van der Waals surface area contributed by atoms with Crippen LogP contribution in [-0.2, 0) is 4.74 Å². The van der Waals surface area contributed by atoms with Gasteiger partial charge in [-0.1, -0.05) is 0 Å². The maximum atomic E-state index is 10.4. The van der Waals surface area contributed by atoms with Crippen LogP contribution in [0.4, 0.5) is 0 Å². The number of thiazole rings is 1. The molecule has 1 aromatic carbocycles. The van der Waals surface area contributed by atoms with Crippen molar-refractivity contribution in [2.75, 3.05) is 26.8 Å². The van der Waals surface area contributed by atoms with E-state index < -0.39 is 0 Å². The van der Waals surface area contributed by atoms with Gasteiger partial charge in [0, 0.05) is 24.1 Å². The largest absolute Gasteiger partial charge is 0.510 e. The fourth-order valence-corrected chi connectivity index (χ4v) is 4.23. The number of ether oxygens (including phenoxy) is 2. The second kappa shape index (κ2) is 7.09. The summed E-state index contributed by atoms with van der Waals surface area (Å²) in [7, 11) is 1.64. The molecule has 2 aliphatic rings. The molecule has 1 atom stereocenters. The maximum Gasteiger partial charge on any atom is 0.135 e. The van der Waals surface area contributed by atoms with Crippen LogP contribution in [0.3, 0.4) is 0 Å². The van der Waals surface area contributed by atoms with Gasteiger partial charge < -0.3 is 19.5 Å². The van der Waals surface area contributed by atoms with Crippen LogP contribution >= 0.6 is 11.3 Å². The highest BCUT2D eigenvalue weighted by Gasteiger charge is 2.32. The van der Waals surface area contributed by atoms with Crippen molar-refractivity contribution in [1.29, 1.82) is 5.41 Å². The van der Waals surface area contributed by atoms with E-state index in [4.69, 9.17) is 14.9 Å². The summed E-state index contributed by atoms with van der Waals surface area (Å²) in [5.41, 5.74) is 2.35. The monoisotopic (exact) mass is 371 g/mol. The number of aliphatic hydroxyl groups is 1. The molecule has 1 saturated heterocycles. The Bertz CT molecular complexity index is 838. The molecule has 1 fully saturated rings. The molecule has 0 radical (unpaired) electrons. The van der Waals surface area contributed by atoms with Gasteiger partial charge in [0.1, 0.15) is 22.4 Å². The number of hydrogen-bond acceptors (Lipinski definition) is 6. The standard InChI is InChI=1S/C19H21N3O3S/c1-24-13-6-4-12(5-7-13)15-11-26-19(21-15)17-16(23)10-22(18(17)20)9-14-3-2-8-25-14/h4-7,11,14,20,23H,2-3,8-10H2,1H3/t14-/m1/s1. The molecule has 0 aliphatic carbocycles. The van der Waals surface area contributed by atoms with E-state index in [2.05, 4.69) is 4.98 Å². The van der Waals surface area contributed by atoms with Crippen molar-refractivity contribution in [1.82, 2.24) is 9.88 Å². The van der Waals surface area contributed by atoms with Gasteiger partial charge in [-0.2, -0.15) is 0 Å². The second-order valence-corrected chi connectivity index (χ2v) is 7.31. The quantitative estimate of drug-likeness (QED) is 0.840. The molecule has 2 aliphatic heterocycles. The van der Waals surface area contributed by atoms with Crippen molar-refractivity contribution in [3.8, 4) is 17.0 Å². The molecule has 0 amide bonds. The zero-order valence-corrected chi connectivity index (χ0v) is 15.4. The van der Waals surface area contributed by atoms with Gasteiger partial charge in [-0.25, -0.2) is 4.98 Å². The highest BCUT2D eigenvalue weighted by atomic mass is 32.1. The molecule has 0 saturated carbocycles. The Morgan fingerprint density at radius 2 is 2.19 bits per heavy atom. The van der Waals surface area contributed by atoms with Crippen LogP contribution in [0.1, 0.15) is 17.8 Å². The van der Waals surface area contributed by atoms with Gasteiger partial charge in [0.25, 0.3) is 0 Å². The Hall–Kier alpha value is -2.38. The lowest BCUT2D eigenvalue weighted by molar-refractivity contribution is 0.0924. The normalized spacial score (nSPS) is 20.3. The van der Waals surface area contributed by atoms with Crippen molar-refractivity contribution >= 4 is 22.7 Å². The van der Waals surface area contributed by atoms with E-state index >= 15 is 0 Å². The molecular weight excluding hydrogens is 350 g/mol. The molecule has 3 heterocycles. The first kappa shape index (κ1) is 17.1. The molecule has 6 nitrogen and oxygen atoms in total. The molecule has 2 aromatic rings. The molecule has 0 spiro atoms. The SMILES string of the molecule is COc1ccc(-c2csc(C3=C(O)CN(C[C@H]4CCCO4)C3=N)n2)cc1. The minimum atomic E-state index is 0.147. The van der Waals surface area contributed by atoms with E-state index in [-0.39, 0.29) is 11.9 Å². The number of aliphatic hydroxyl groups excluding tert-OH is 1. The van der Waals surface area contributed by atoms with Crippen LogP contribution in [0.5, 0.6) is 5.75 Å². The maximum absolute atomic E-state index is 10.4. The lowest BCUT2D eigenvalue weighted by Crippen LogP contribution is -2.34. The summed E-state index contributed by atoms with van der Waals surface area (Å²) in [6.45, 7) is 1.78. The number of methoxy groups -OCH3 is 1. The van der Waals surface area contributed by atoms with E-state index in [1.807, 2.05) is 34.5 Å². The van der Waals surface area contributed by atoms with Crippen LogP contribution in [0.25, 0.3) is 16.8 Å². The molecule has 136 valence electrons. The molecule has 26 heavy (non-hydrogen) atoms. The highest BCUT2D eigenvalue weighted by molar-refractivity contribution is 7.11. The van der Waals surface area contributed by atoms with Crippen molar-refractivity contribution in [3.63, 3.8) is 0 Å². The predicted octanol–water partition coefficient (Wildman–Crippen LogP) is 3.56. The van der Waals surface area contributed by atoms with Crippen LogP contribution in [0, 0.1) is 5.41 Å². The van der Waals surface area contributed by atoms with Crippen molar-refractivity contribution in [3.05, 3.63) is 40.4 Å². The second-order valence-electron chi connectivity index (χ2n) is 6.45. The van der Waals surface area contributed by atoms with Gasteiger partial charge in [-0.05, 0) is 37.1 Å². The van der Waals surface area contributed by atoms with Gasteiger partial charge in [0.05, 0.1) is 31.0 Å². The molecule has 7 heteroatoms. The average Bonchev–Trinajstić information content (AvgIpc) is 3.38. The van der Waals surface area contributed by atoms with E-state index in [1.54, 1.807) is 7.11 Å². The van der Waals surface area contributed by atoms with Crippen molar-refractivity contribution in [2.45, 2.75) is 18.9 Å². The summed E-state index contributed by atoms with van der Waals surface area (Å²) in [5, 5.41) is 21.5. The third kappa shape index (κ3) is 3.20. The summed E-state index contributed by atoms with van der Waals surface area (Å²) < 4.78 is 10.8. The van der Waals surface area contributed by atoms with Crippen molar-refractivity contribution < 1.29 is 14.6 Å². The van der Waals surface area contributed by atoms with Gasteiger partial charge in [-0.3, -0.25) is 5.41 Å². The highest BCUT2D eigenvalue weighted by Crippen LogP contribution is 2.33. The minimum absolute atomic E-state index is 0.147. The van der Waals surface area contributed by atoms with Gasteiger partial charge >= 0.3 is 0 Å². The molecule has 2 N–H and O–H groups in total. The van der Waals surface area contributed by atoms with Crippen LogP contribution in [0.15, 0.2) is 35.4 Å². The number of rotatable bonds is 5. The molecule has 0 bridgehead atoms. The lowest BCUT2D eigenvalue weighted by Gasteiger charge is -2.21. The van der Waals surface area contributed by atoms with Crippen LogP contribution in [0.2, 0.25) is 0 Å². The average molecular weight is 371 g/mol. The zero-order valence-electron chi connectivity index (χ0n) is 14.6. The topological polar surface area (TPSA) is 78.7 Å². The smallest absolute Gasteiger partial charge is 0.135 e. The third-order valence-electron chi connectivity index (χ3n) is 4.73.